The molecule has 1 fully saturated rings. The number of ether oxygens (including phenoxy) is 1. The smallest absolute Gasteiger partial charge is 0.308 e. The van der Waals surface area contributed by atoms with Crippen molar-refractivity contribution in [3.05, 3.63) is 36.2 Å². The number of methoxy groups -OCH3 is 1. The highest BCUT2D eigenvalue weighted by atomic mass is 16.5. The van der Waals surface area contributed by atoms with Crippen LogP contribution >= 0.6 is 0 Å². The summed E-state index contributed by atoms with van der Waals surface area (Å²) in [7, 11) is 5.50. The molecular formula is C18H24N4O2. The molecule has 1 saturated carbocycles. The van der Waals surface area contributed by atoms with E-state index in [9.17, 15) is 4.79 Å². The van der Waals surface area contributed by atoms with Gasteiger partial charge in [-0.1, -0.05) is 5.21 Å². The van der Waals surface area contributed by atoms with E-state index in [2.05, 4.69) is 27.3 Å². The van der Waals surface area contributed by atoms with E-state index >= 15 is 0 Å². The van der Waals surface area contributed by atoms with Crippen LogP contribution in [0, 0.1) is 5.92 Å². The highest BCUT2D eigenvalue weighted by Gasteiger charge is 2.29. The normalized spacial score (nSPS) is 20.6. The third-order valence-corrected chi connectivity index (χ3v) is 4.82. The SMILES string of the molecule is COC(=O)C1CCC(c2cn(-c3ccc(N(C)C)cc3)nn2)CC1. The third kappa shape index (κ3) is 3.42. The highest BCUT2D eigenvalue weighted by molar-refractivity contribution is 5.72. The summed E-state index contributed by atoms with van der Waals surface area (Å²) >= 11 is 0. The quantitative estimate of drug-likeness (QED) is 0.808. The second-order valence-electron chi connectivity index (χ2n) is 6.57. The molecule has 1 aliphatic rings. The maximum absolute atomic E-state index is 11.6. The Balaban J connectivity index is 1.67. The molecule has 0 atom stereocenters. The van der Waals surface area contributed by atoms with E-state index in [1.54, 1.807) is 0 Å². The zero-order valence-corrected chi connectivity index (χ0v) is 14.5. The van der Waals surface area contributed by atoms with E-state index in [-0.39, 0.29) is 11.9 Å². The molecule has 1 heterocycles. The van der Waals surface area contributed by atoms with Gasteiger partial charge >= 0.3 is 5.97 Å². The molecule has 0 radical (unpaired) electrons. The van der Waals surface area contributed by atoms with Crippen LogP contribution in [0.4, 0.5) is 5.69 Å². The van der Waals surface area contributed by atoms with Gasteiger partial charge in [0.1, 0.15) is 0 Å². The lowest BCUT2D eigenvalue weighted by Crippen LogP contribution is -2.22. The second-order valence-corrected chi connectivity index (χ2v) is 6.57. The standard InChI is InChI=1S/C18H24N4O2/c1-21(2)15-8-10-16(11-9-15)22-12-17(19-20-22)13-4-6-14(7-5-13)18(23)24-3/h8-14H,4-7H2,1-3H3. The van der Waals surface area contributed by atoms with Crippen molar-refractivity contribution >= 4 is 11.7 Å². The van der Waals surface area contributed by atoms with Crippen LogP contribution in [0.5, 0.6) is 0 Å². The fourth-order valence-electron chi connectivity index (χ4n) is 3.29. The molecule has 24 heavy (non-hydrogen) atoms. The summed E-state index contributed by atoms with van der Waals surface area (Å²) in [6.45, 7) is 0. The van der Waals surface area contributed by atoms with Gasteiger partial charge in [-0.15, -0.1) is 5.10 Å². The first-order valence-corrected chi connectivity index (χ1v) is 8.36. The minimum Gasteiger partial charge on any atom is -0.469 e. The minimum atomic E-state index is -0.0851. The van der Waals surface area contributed by atoms with Gasteiger partial charge in [0.05, 0.1) is 30.6 Å². The first kappa shape index (κ1) is 16.5. The van der Waals surface area contributed by atoms with Crippen LogP contribution < -0.4 is 4.90 Å². The average molecular weight is 328 g/mol. The van der Waals surface area contributed by atoms with Crippen molar-refractivity contribution in [3.8, 4) is 5.69 Å². The number of anilines is 1. The molecule has 0 saturated heterocycles. The molecule has 0 aliphatic heterocycles. The number of carbonyl (C=O) groups is 1. The second kappa shape index (κ2) is 7.03. The van der Waals surface area contributed by atoms with E-state index in [1.807, 2.05) is 37.1 Å². The monoisotopic (exact) mass is 328 g/mol. The minimum absolute atomic E-state index is 0.0415. The lowest BCUT2D eigenvalue weighted by molar-refractivity contribution is -0.146. The van der Waals surface area contributed by atoms with Crippen molar-refractivity contribution in [2.45, 2.75) is 31.6 Å². The van der Waals surface area contributed by atoms with Crippen LogP contribution in [0.1, 0.15) is 37.3 Å². The van der Waals surface area contributed by atoms with Gasteiger partial charge in [0, 0.05) is 25.7 Å². The van der Waals surface area contributed by atoms with Crippen LogP contribution in [0.25, 0.3) is 5.69 Å². The summed E-state index contributed by atoms with van der Waals surface area (Å²) in [4.78, 5) is 13.7. The van der Waals surface area contributed by atoms with E-state index in [1.165, 1.54) is 7.11 Å². The molecule has 0 N–H and O–H groups in total. The molecule has 0 spiro atoms. The lowest BCUT2D eigenvalue weighted by atomic mass is 9.81. The van der Waals surface area contributed by atoms with Crippen molar-refractivity contribution in [2.24, 2.45) is 5.92 Å². The van der Waals surface area contributed by atoms with Crippen LogP contribution in [0.2, 0.25) is 0 Å². The zero-order chi connectivity index (χ0) is 17.1. The van der Waals surface area contributed by atoms with Crippen molar-refractivity contribution in [3.63, 3.8) is 0 Å². The lowest BCUT2D eigenvalue weighted by Gasteiger charge is -2.25. The molecule has 128 valence electrons. The van der Waals surface area contributed by atoms with Gasteiger partial charge in [-0.3, -0.25) is 4.79 Å². The van der Waals surface area contributed by atoms with Gasteiger partial charge in [0.15, 0.2) is 0 Å². The number of carbonyl (C=O) groups excluding carboxylic acids is 1. The van der Waals surface area contributed by atoms with Gasteiger partial charge in [0.2, 0.25) is 0 Å². The first-order chi connectivity index (χ1) is 11.6. The zero-order valence-electron chi connectivity index (χ0n) is 14.5. The van der Waals surface area contributed by atoms with Crippen LogP contribution in [-0.4, -0.2) is 42.2 Å². The van der Waals surface area contributed by atoms with Crippen molar-refractivity contribution in [2.75, 3.05) is 26.1 Å². The maximum Gasteiger partial charge on any atom is 0.308 e. The molecule has 1 aromatic carbocycles. The van der Waals surface area contributed by atoms with Crippen LogP contribution in [0.3, 0.4) is 0 Å². The van der Waals surface area contributed by atoms with E-state index in [0.717, 1.165) is 42.8 Å². The number of esters is 1. The Hall–Kier alpha value is -2.37. The molecule has 1 aromatic heterocycles. The van der Waals surface area contributed by atoms with E-state index in [0.29, 0.717) is 5.92 Å². The molecule has 6 heteroatoms. The number of hydrogen-bond acceptors (Lipinski definition) is 5. The summed E-state index contributed by atoms with van der Waals surface area (Å²) in [5, 5.41) is 8.62. The Kier molecular flexibility index (Phi) is 4.83. The third-order valence-electron chi connectivity index (χ3n) is 4.82. The molecule has 3 rings (SSSR count). The van der Waals surface area contributed by atoms with Gasteiger partial charge in [0.25, 0.3) is 0 Å². The molecular weight excluding hydrogens is 304 g/mol. The Labute approximate surface area is 142 Å². The number of hydrogen-bond donors (Lipinski definition) is 0. The molecule has 0 amide bonds. The van der Waals surface area contributed by atoms with Gasteiger partial charge < -0.3 is 9.64 Å². The maximum atomic E-state index is 11.6. The largest absolute Gasteiger partial charge is 0.469 e. The number of aromatic nitrogens is 3. The number of rotatable bonds is 4. The summed E-state index contributed by atoms with van der Waals surface area (Å²) in [6, 6.07) is 8.22. The van der Waals surface area contributed by atoms with Crippen molar-refractivity contribution < 1.29 is 9.53 Å². The van der Waals surface area contributed by atoms with Crippen molar-refractivity contribution in [1.29, 1.82) is 0 Å². The Bertz CT molecular complexity index is 685. The van der Waals surface area contributed by atoms with Gasteiger partial charge in [-0.2, -0.15) is 0 Å². The van der Waals surface area contributed by atoms with Gasteiger partial charge in [-0.25, -0.2) is 4.68 Å². The summed E-state index contributed by atoms with van der Waals surface area (Å²) in [5.41, 5.74) is 3.16. The Morgan fingerprint density at radius 1 is 1.17 bits per heavy atom. The van der Waals surface area contributed by atoms with Crippen LogP contribution in [0.15, 0.2) is 30.5 Å². The fraction of sp³-hybridized carbons (Fsp3) is 0.500. The number of nitrogens with zero attached hydrogens (tertiary/aromatic N) is 4. The molecule has 1 aliphatic carbocycles. The average Bonchev–Trinajstić information content (AvgIpc) is 3.11. The van der Waals surface area contributed by atoms with Crippen molar-refractivity contribution in [1.82, 2.24) is 15.0 Å². The number of benzene rings is 1. The van der Waals surface area contributed by atoms with Crippen LogP contribution in [-0.2, 0) is 9.53 Å². The topological polar surface area (TPSA) is 60.2 Å². The highest BCUT2D eigenvalue weighted by Crippen LogP contribution is 2.35. The predicted molar refractivity (Wildman–Crippen MR) is 92.4 cm³/mol. The summed E-state index contributed by atoms with van der Waals surface area (Å²) in [6.07, 6.45) is 5.65. The van der Waals surface area contributed by atoms with E-state index < -0.39 is 0 Å². The Morgan fingerprint density at radius 2 is 1.83 bits per heavy atom. The molecule has 0 unspecified atom stereocenters. The fourth-order valence-corrected chi connectivity index (χ4v) is 3.29. The Morgan fingerprint density at radius 3 is 2.42 bits per heavy atom. The van der Waals surface area contributed by atoms with E-state index in [4.69, 9.17) is 4.74 Å². The molecule has 6 nitrogen and oxygen atoms in total. The first-order valence-electron chi connectivity index (χ1n) is 8.36. The molecule has 2 aromatic rings. The summed E-state index contributed by atoms with van der Waals surface area (Å²) in [5.74, 6) is 0.332. The van der Waals surface area contributed by atoms with Gasteiger partial charge in [-0.05, 0) is 49.9 Å². The summed E-state index contributed by atoms with van der Waals surface area (Å²) < 4.78 is 6.67. The molecule has 0 bridgehead atoms. The predicted octanol–water partition coefficient (Wildman–Crippen LogP) is 2.78.